The van der Waals surface area contributed by atoms with E-state index in [4.69, 9.17) is 0 Å². The molecule has 10 heavy (non-hydrogen) atoms. The second kappa shape index (κ2) is 2.11. The highest BCUT2D eigenvalue weighted by Crippen LogP contribution is 2.33. The van der Waals surface area contributed by atoms with Crippen molar-refractivity contribution in [1.29, 1.82) is 0 Å². The average molecular weight is 135 g/mol. The molecular weight excluding hydrogens is 124 g/mol. The molecule has 2 rings (SSSR count). The van der Waals surface area contributed by atoms with Crippen molar-refractivity contribution in [3.63, 3.8) is 0 Å². The van der Waals surface area contributed by atoms with Gasteiger partial charge in [-0.2, -0.15) is 5.10 Å². The topological polar surface area (TPSA) is 17.8 Å². The molecule has 1 aliphatic rings. The molecule has 0 aromatic carbocycles. The molecule has 0 N–H and O–H groups in total. The SMILES string of the molecule is [CH2]Cc1ccn(C2CC2)n1. The van der Waals surface area contributed by atoms with Crippen molar-refractivity contribution in [3.8, 4) is 0 Å². The lowest BCUT2D eigenvalue weighted by molar-refractivity contribution is 0.633. The first-order valence-electron chi connectivity index (χ1n) is 3.73. The zero-order valence-electron chi connectivity index (χ0n) is 5.95. The second-order valence-corrected chi connectivity index (χ2v) is 2.77. The molecule has 1 fully saturated rings. The summed E-state index contributed by atoms with van der Waals surface area (Å²) < 4.78 is 2.06. The van der Waals surface area contributed by atoms with Gasteiger partial charge in [-0.1, -0.05) is 0 Å². The lowest BCUT2D eigenvalue weighted by Crippen LogP contribution is -1.94. The van der Waals surface area contributed by atoms with Crippen LogP contribution in [0.25, 0.3) is 0 Å². The van der Waals surface area contributed by atoms with E-state index in [1.54, 1.807) is 0 Å². The van der Waals surface area contributed by atoms with E-state index in [9.17, 15) is 0 Å². The van der Waals surface area contributed by atoms with Crippen molar-refractivity contribution in [2.75, 3.05) is 0 Å². The summed E-state index contributed by atoms with van der Waals surface area (Å²) in [6.07, 6.45) is 5.47. The van der Waals surface area contributed by atoms with Crippen molar-refractivity contribution < 1.29 is 0 Å². The third kappa shape index (κ3) is 0.939. The molecule has 2 heteroatoms. The van der Waals surface area contributed by atoms with E-state index in [1.807, 2.05) is 6.07 Å². The normalized spacial score (nSPS) is 17.7. The van der Waals surface area contributed by atoms with Crippen LogP contribution in [0.1, 0.15) is 24.6 Å². The Morgan fingerprint density at radius 1 is 1.70 bits per heavy atom. The van der Waals surface area contributed by atoms with E-state index < -0.39 is 0 Å². The fourth-order valence-electron chi connectivity index (χ4n) is 1.05. The minimum Gasteiger partial charge on any atom is -0.269 e. The van der Waals surface area contributed by atoms with Crippen molar-refractivity contribution >= 4 is 0 Å². The predicted octanol–water partition coefficient (Wildman–Crippen LogP) is 1.59. The maximum absolute atomic E-state index is 4.34. The quantitative estimate of drug-likeness (QED) is 0.602. The van der Waals surface area contributed by atoms with Gasteiger partial charge in [0.25, 0.3) is 0 Å². The van der Waals surface area contributed by atoms with E-state index in [2.05, 4.69) is 22.9 Å². The van der Waals surface area contributed by atoms with Gasteiger partial charge in [0.1, 0.15) is 0 Å². The van der Waals surface area contributed by atoms with Gasteiger partial charge in [-0.05, 0) is 32.3 Å². The molecule has 53 valence electrons. The van der Waals surface area contributed by atoms with Crippen LogP contribution >= 0.6 is 0 Å². The van der Waals surface area contributed by atoms with Gasteiger partial charge in [0.2, 0.25) is 0 Å². The second-order valence-electron chi connectivity index (χ2n) is 2.77. The van der Waals surface area contributed by atoms with Gasteiger partial charge >= 0.3 is 0 Å². The van der Waals surface area contributed by atoms with Crippen LogP contribution in [0.3, 0.4) is 0 Å². The molecule has 1 saturated carbocycles. The Labute approximate surface area is 60.9 Å². The molecule has 1 aromatic rings. The number of aromatic nitrogens is 2. The Morgan fingerprint density at radius 3 is 3.00 bits per heavy atom. The first-order valence-corrected chi connectivity index (χ1v) is 3.73. The van der Waals surface area contributed by atoms with Crippen molar-refractivity contribution in [2.45, 2.75) is 25.3 Å². The first kappa shape index (κ1) is 5.96. The Kier molecular flexibility index (Phi) is 1.26. The van der Waals surface area contributed by atoms with E-state index in [1.165, 1.54) is 12.8 Å². The van der Waals surface area contributed by atoms with Crippen LogP contribution in [0.5, 0.6) is 0 Å². The lowest BCUT2D eigenvalue weighted by Gasteiger charge is -1.93. The van der Waals surface area contributed by atoms with Crippen LogP contribution in [0.4, 0.5) is 0 Å². The molecule has 0 aliphatic heterocycles. The molecule has 0 atom stereocenters. The third-order valence-electron chi connectivity index (χ3n) is 1.84. The summed E-state index contributed by atoms with van der Waals surface area (Å²) in [4.78, 5) is 0. The summed E-state index contributed by atoms with van der Waals surface area (Å²) in [5.41, 5.74) is 1.10. The van der Waals surface area contributed by atoms with E-state index in [0.717, 1.165) is 12.1 Å². The molecule has 1 aromatic heterocycles. The predicted molar refractivity (Wildman–Crippen MR) is 39.6 cm³/mol. The Balaban J connectivity index is 2.19. The molecule has 1 aliphatic carbocycles. The minimum atomic E-state index is 0.709. The molecule has 1 heterocycles. The van der Waals surface area contributed by atoms with Gasteiger partial charge in [-0.25, -0.2) is 0 Å². The highest BCUT2D eigenvalue weighted by molar-refractivity contribution is 5.01. The molecule has 0 bridgehead atoms. The van der Waals surface area contributed by atoms with Crippen molar-refractivity contribution in [3.05, 3.63) is 24.9 Å². The molecule has 0 unspecified atom stereocenters. The molecule has 1 radical (unpaired) electrons. The largest absolute Gasteiger partial charge is 0.269 e. The van der Waals surface area contributed by atoms with Gasteiger partial charge < -0.3 is 0 Å². The number of rotatable bonds is 2. The van der Waals surface area contributed by atoms with Gasteiger partial charge in [-0.3, -0.25) is 4.68 Å². The van der Waals surface area contributed by atoms with E-state index in [-0.39, 0.29) is 0 Å². The maximum atomic E-state index is 4.34. The number of hydrogen-bond acceptors (Lipinski definition) is 1. The Morgan fingerprint density at radius 2 is 2.50 bits per heavy atom. The van der Waals surface area contributed by atoms with Gasteiger partial charge in [0.05, 0.1) is 11.7 Å². The van der Waals surface area contributed by atoms with Crippen molar-refractivity contribution in [1.82, 2.24) is 9.78 Å². The summed E-state index contributed by atoms with van der Waals surface area (Å²) >= 11 is 0. The fourth-order valence-corrected chi connectivity index (χ4v) is 1.05. The number of hydrogen-bond donors (Lipinski definition) is 0. The van der Waals surface area contributed by atoms with Crippen LogP contribution in [-0.4, -0.2) is 9.78 Å². The fraction of sp³-hybridized carbons (Fsp3) is 0.500. The summed E-state index contributed by atoms with van der Waals surface area (Å²) in [7, 11) is 0. The zero-order chi connectivity index (χ0) is 6.97. The Bertz CT molecular complexity index is 223. The van der Waals surface area contributed by atoms with Crippen LogP contribution in [0.2, 0.25) is 0 Å². The van der Waals surface area contributed by atoms with Crippen LogP contribution < -0.4 is 0 Å². The first-order chi connectivity index (χ1) is 4.90. The van der Waals surface area contributed by atoms with Gasteiger partial charge in [0.15, 0.2) is 0 Å². The monoisotopic (exact) mass is 135 g/mol. The minimum absolute atomic E-state index is 0.709. The standard InChI is InChI=1S/C8H11N2/c1-2-7-5-6-10(9-7)8-3-4-8/h5-6,8H,1-4H2. The zero-order valence-corrected chi connectivity index (χ0v) is 5.95. The Hall–Kier alpha value is -0.790. The molecule has 0 spiro atoms. The van der Waals surface area contributed by atoms with Gasteiger partial charge in [-0.15, -0.1) is 0 Å². The lowest BCUT2D eigenvalue weighted by atomic mass is 10.4. The summed E-state index contributed by atoms with van der Waals surface area (Å²) in [6.45, 7) is 3.77. The molecule has 0 amide bonds. The summed E-state index contributed by atoms with van der Waals surface area (Å²) in [5, 5.41) is 4.34. The highest BCUT2D eigenvalue weighted by Gasteiger charge is 2.23. The van der Waals surface area contributed by atoms with E-state index in [0.29, 0.717) is 6.04 Å². The van der Waals surface area contributed by atoms with Crippen LogP contribution in [-0.2, 0) is 6.42 Å². The van der Waals surface area contributed by atoms with Crippen molar-refractivity contribution in [2.24, 2.45) is 0 Å². The maximum Gasteiger partial charge on any atom is 0.0624 e. The molecule has 2 nitrogen and oxygen atoms in total. The highest BCUT2D eigenvalue weighted by atomic mass is 15.3. The van der Waals surface area contributed by atoms with E-state index >= 15 is 0 Å². The van der Waals surface area contributed by atoms with Crippen LogP contribution in [0, 0.1) is 6.92 Å². The van der Waals surface area contributed by atoms with Gasteiger partial charge in [0, 0.05) is 6.20 Å². The van der Waals surface area contributed by atoms with Crippen LogP contribution in [0.15, 0.2) is 12.3 Å². The summed E-state index contributed by atoms with van der Waals surface area (Å²) in [6, 6.07) is 2.76. The molecular formula is C8H11N2. The summed E-state index contributed by atoms with van der Waals surface area (Å²) in [5.74, 6) is 0. The smallest absolute Gasteiger partial charge is 0.0624 e. The molecule has 0 saturated heterocycles. The number of nitrogens with zero attached hydrogens (tertiary/aromatic N) is 2. The third-order valence-corrected chi connectivity index (χ3v) is 1.84. The average Bonchev–Trinajstić information content (AvgIpc) is 2.70.